The van der Waals surface area contributed by atoms with E-state index in [1.807, 2.05) is 22.8 Å². The molecule has 1 aromatic heterocycles. The summed E-state index contributed by atoms with van der Waals surface area (Å²) in [6.45, 7) is 6.82. The second-order valence-electron chi connectivity index (χ2n) is 9.17. The number of halogens is 2. The van der Waals surface area contributed by atoms with Crippen LogP contribution in [0.4, 0.5) is 0 Å². The molecule has 0 spiro atoms. The first-order chi connectivity index (χ1) is 17.7. The first-order valence-electron chi connectivity index (χ1n) is 12.2. The second kappa shape index (κ2) is 13.3. The third-order valence-electron chi connectivity index (χ3n) is 6.51. The Hall–Kier alpha value is -3.34. The van der Waals surface area contributed by atoms with Gasteiger partial charge in [-0.2, -0.15) is 5.26 Å². The number of carbonyl (C=O) groups is 2. The summed E-state index contributed by atoms with van der Waals surface area (Å²) in [5, 5.41) is 13.0. The van der Waals surface area contributed by atoms with Crippen LogP contribution in [0.3, 0.4) is 0 Å². The van der Waals surface area contributed by atoms with Crippen LogP contribution in [0.25, 0.3) is 0 Å². The molecule has 2 atom stereocenters. The average Bonchev–Trinajstić information content (AvgIpc) is 3.31. The third kappa shape index (κ3) is 7.82. The number of nitrogens with zero attached hydrogens (tertiary/aromatic N) is 4. The van der Waals surface area contributed by atoms with Crippen LogP contribution in [0, 0.1) is 17.2 Å². The molecule has 0 aliphatic rings. The predicted molar refractivity (Wildman–Crippen MR) is 145 cm³/mol. The van der Waals surface area contributed by atoms with E-state index in [2.05, 4.69) is 30.2 Å². The second-order valence-corrected chi connectivity index (χ2v) is 9.96. The van der Waals surface area contributed by atoms with E-state index in [9.17, 15) is 9.59 Å². The van der Waals surface area contributed by atoms with Crippen molar-refractivity contribution in [1.82, 2.24) is 19.8 Å². The molecule has 0 aliphatic heterocycles. The van der Waals surface area contributed by atoms with Gasteiger partial charge in [-0.05, 0) is 35.2 Å². The van der Waals surface area contributed by atoms with Crippen molar-refractivity contribution in [2.75, 3.05) is 6.54 Å². The van der Waals surface area contributed by atoms with Crippen molar-refractivity contribution < 1.29 is 9.59 Å². The van der Waals surface area contributed by atoms with Crippen LogP contribution in [-0.4, -0.2) is 38.9 Å². The molecule has 2 amide bonds. The Kier molecular flexibility index (Phi) is 10.1. The lowest BCUT2D eigenvalue weighted by molar-refractivity contribution is -0.131. The van der Waals surface area contributed by atoms with Crippen molar-refractivity contribution in [1.29, 1.82) is 5.26 Å². The number of rotatable bonds is 11. The molecular formula is C28H31Cl2N5O2. The number of hydrogen-bond acceptors (Lipinski definition) is 4. The molecule has 9 heteroatoms. The van der Waals surface area contributed by atoms with E-state index in [1.54, 1.807) is 41.7 Å². The molecule has 1 heterocycles. The van der Waals surface area contributed by atoms with Gasteiger partial charge in [-0.3, -0.25) is 9.59 Å². The number of amides is 2. The van der Waals surface area contributed by atoms with Gasteiger partial charge in [0, 0.05) is 44.5 Å². The largest absolute Gasteiger partial charge is 0.351 e. The number of hydrogen-bond donors (Lipinski definition) is 1. The Labute approximate surface area is 228 Å². The highest BCUT2D eigenvalue weighted by Crippen LogP contribution is 2.27. The van der Waals surface area contributed by atoms with Crippen LogP contribution in [0.1, 0.15) is 49.6 Å². The SMILES string of the molecule is CC[C@H](C)[C@@H](CN(Cc1cccc(Cl)c1Cl)C(C)=O)NC(=O)Cc1cncn1Cc1ccc(C#N)cc1. The fourth-order valence-electron chi connectivity index (χ4n) is 4.01. The average molecular weight is 540 g/mol. The quantitative estimate of drug-likeness (QED) is 0.361. The van der Waals surface area contributed by atoms with Gasteiger partial charge in [-0.25, -0.2) is 4.98 Å². The van der Waals surface area contributed by atoms with Crippen molar-refractivity contribution in [3.8, 4) is 6.07 Å². The van der Waals surface area contributed by atoms with Gasteiger partial charge in [-0.1, -0.05) is 67.7 Å². The molecule has 0 unspecified atom stereocenters. The van der Waals surface area contributed by atoms with Crippen molar-refractivity contribution in [2.24, 2.45) is 5.92 Å². The topological polar surface area (TPSA) is 91.0 Å². The summed E-state index contributed by atoms with van der Waals surface area (Å²) in [6.07, 6.45) is 4.37. The standard InChI is InChI=1S/C28H31Cl2N5O2/c1-4-19(2)26(17-34(20(3)36)16-23-6-5-7-25(29)28(23)30)33-27(37)12-24-14-32-18-35(24)15-22-10-8-21(13-31)9-11-22/h5-11,14,18-19,26H,4,12,15-17H2,1-3H3,(H,33,37)/t19-,26+/m0/s1. The minimum absolute atomic E-state index is 0.112. The first-order valence-corrected chi connectivity index (χ1v) is 12.9. The van der Waals surface area contributed by atoms with Crippen LogP contribution in [0.5, 0.6) is 0 Å². The molecule has 3 aromatic rings. The van der Waals surface area contributed by atoms with E-state index < -0.39 is 0 Å². The number of imidazole rings is 1. The van der Waals surface area contributed by atoms with Gasteiger partial charge in [0.2, 0.25) is 11.8 Å². The van der Waals surface area contributed by atoms with E-state index in [-0.39, 0.29) is 30.2 Å². The number of aromatic nitrogens is 2. The lowest BCUT2D eigenvalue weighted by Gasteiger charge is -2.31. The van der Waals surface area contributed by atoms with E-state index in [0.29, 0.717) is 35.2 Å². The van der Waals surface area contributed by atoms with Crippen molar-refractivity contribution in [2.45, 2.75) is 52.7 Å². The summed E-state index contributed by atoms with van der Waals surface area (Å²) in [7, 11) is 0. The summed E-state index contributed by atoms with van der Waals surface area (Å²) < 4.78 is 1.92. The number of carbonyl (C=O) groups excluding carboxylic acids is 2. The highest BCUT2D eigenvalue weighted by atomic mass is 35.5. The summed E-state index contributed by atoms with van der Waals surface area (Å²) in [6, 6.07) is 14.6. The summed E-state index contributed by atoms with van der Waals surface area (Å²) >= 11 is 12.5. The normalized spacial score (nSPS) is 12.4. The third-order valence-corrected chi connectivity index (χ3v) is 7.37. The van der Waals surface area contributed by atoms with E-state index in [4.69, 9.17) is 28.5 Å². The number of benzene rings is 2. The van der Waals surface area contributed by atoms with Gasteiger partial charge in [0.1, 0.15) is 0 Å². The Morgan fingerprint density at radius 3 is 2.57 bits per heavy atom. The van der Waals surface area contributed by atoms with Gasteiger partial charge < -0.3 is 14.8 Å². The highest BCUT2D eigenvalue weighted by molar-refractivity contribution is 6.42. The minimum Gasteiger partial charge on any atom is -0.351 e. The monoisotopic (exact) mass is 539 g/mol. The van der Waals surface area contributed by atoms with E-state index in [0.717, 1.165) is 23.2 Å². The summed E-state index contributed by atoms with van der Waals surface area (Å²) in [5.74, 6) is -0.112. The molecule has 0 radical (unpaired) electrons. The van der Waals surface area contributed by atoms with E-state index in [1.165, 1.54) is 6.92 Å². The molecule has 194 valence electrons. The lowest BCUT2D eigenvalue weighted by Crippen LogP contribution is -2.48. The summed E-state index contributed by atoms with van der Waals surface area (Å²) in [4.78, 5) is 31.5. The Morgan fingerprint density at radius 1 is 1.19 bits per heavy atom. The zero-order valence-corrected chi connectivity index (χ0v) is 22.8. The van der Waals surface area contributed by atoms with E-state index >= 15 is 0 Å². The minimum atomic E-state index is -0.241. The predicted octanol–water partition coefficient (Wildman–Crippen LogP) is 5.23. The number of nitrogens with one attached hydrogen (secondary N) is 1. The smallest absolute Gasteiger partial charge is 0.226 e. The van der Waals surface area contributed by atoms with Crippen LogP contribution in [0.15, 0.2) is 55.0 Å². The Balaban J connectivity index is 1.69. The maximum atomic E-state index is 13.1. The van der Waals surface area contributed by atoms with Gasteiger partial charge >= 0.3 is 0 Å². The zero-order chi connectivity index (χ0) is 26.9. The molecule has 0 fully saturated rings. The van der Waals surface area contributed by atoms with Gasteiger partial charge in [0.05, 0.1) is 34.4 Å². The van der Waals surface area contributed by atoms with Crippen LogP contribution in [0.2, 0.25) is 10.0 Å². The molecule has 3 rings (SSSR count). The van der Waals surface area contributed by atoms with Gasteiger partial charge in [-0.15, -0.1) is 0 Å². The van der Waals surface area contributed by atoms with Crippen molar-refractivity contribution in [3.05, 3.63) is 87.4 Å². The van der Waals surface area contributed by atoms with Crippen molar-refractivity contribution in [3.63, 3.8) is 0 Å². The molecule has 0 aliphatic carbocycles. The molecule has 0 saturated carbocycles. The maximum absolute atomic E-state index is 13.1. The highest BCUT2D eigenvalue weighted by Gasteiger charge is 2.24. The Bertz CT molecular complexity index is 1270. The van der Waals surface area contributed by atoms with Crippen molar-refractivity contribution >= 4 is 35.0 Å². The van der Waals surface area contributed by atoms with Crippen LogP contribution < -0.4 is 5.32 Å². The van der Waals surface area contributed by atoms with Crippen LogP contribution >= 0.6 is 23.2 Å². The summed E-state index contributed by atoms with van der Waals surface area (Å²) in [5.41, 5.74) is 3.14. The fourth-order valence-corrected chi connectivity index (χ4v) is 4.39. The van der Waals surface area contributed by atoms with Gasteiger partial charge in [0.15, 0.2) is 0 Å². The maximum Gasteiger partial charge on any atom is 0.226 e. The fraction of sp³-hybridized carbons (Fsp3) is 0.357. The zero-order valence-electron chi connectivity index (χ0n) is 21.2. The molecule has 0 bridgehead atoms. The molecule has 37 heavy (non-hydrogen) atoms. The van der Waals surface area contributed by atoms with Crippen LogP contribution in [-0.2, 0) is 29.1 Å². The molecule has 1 N–H and O–H groups in total. The molecule has 2 aromatic carbocycles. The molecule has 7 nitrogen and oxygen atoms in total. The Morgan fingerprint density at radius 2 is 1.92 bits per heavy atom. The van der Waals surface area contributed by atoms with Gasteiger partial charge in [0.25, 0.3) is 0 Å². The molecular weight excluding hydrogens is 509 g/mol. The number of nitriles is 1. The lowest BCUT2D eigenvalue weighted by atomic mass is 9.98. The first kappa shape index (κ1) is 28.2. The molecule has 0 saturated heterocycles.